The monoisotopic (exact) mass is 461 g/mol. The summed E-state index contributed by atoms with van der Waals surface area (Å²) in [5.41, 5.74) is 1.12. The number of carbonyl (C=O) groups excluding carboxylic acids is 1. The van der Waals surface area contributed by atoms with Gasteiger partial charge in [-0.05, 0) is 24.1 Å². The zero-order valence-electron chi connectivity index (χ0n) is 19.2. The second-order valence-electron chi connectivity index (χ2n) is 7.92. The molecule has 1 aliphatic rings. The van der Waals surface area contributed by atoms with E-state index in [9.17, 15) is 4.79 Å². The van der Waals surface area contributed by atoms with E-state index in [1.807, 2.05) is 18.2 Å². The van der Waals surface area contributed by atoms with Crippen molar-refractivity contribution in [3.63, 3.8) is 0 Å². The number of unbranched alkanes of at least 4 members (excludes halogenated alkanes) is 1. The summed E-state index contributed by atoms with van der Waals surface area (Å²) >= 11 is 1.41. The molecule has 0 bridgehead atoms. The molecule has 176 valence electrons. The van der Waals surface area contributed by atoms with E-state index in [1.54, 1.807) is 7.11 Å². The largest absolute Gasteiger partial charge is 0.497 e. The van der Waals surface area contributed by atoms with Crippen LogP contribution >= 0.6 is 11.5 Å². The highest BCUT2D eigenvalue weighted by molar-refractivity contribution is 7.09. The van der Waals surface area contributed by atoms with E-state index in [4.69, 9.17) is 14.5 Å². The number of anilines is 1. The van der Waals surface area contributed by atoms with Gasteiger partial charge in [-0.2, -0.15) is 4.37 Å². The third kappa shape index (κ3) is 8.03. The van der Waals surface area contributed by atoms with Gasteiger partial charge in [0.1, 0.15) is 11.6 Å². The molecule has 8 nitrogen and oxygen atoms in total. The molecule has 1 aliphatic heterocycles. The number of amides is 1. The summed E-state index contributed by atoms with van der Waals surface area (Å²) in [5.74, 6) is 1.72. The number of ether oxygens (including phenoxy) is 2. The SMILES string of the molecule is CCCCN(CCC(=O)NCCN1CCOCC1)c1nc(Cc2cccc(OC)c2)ns1. The maximum Gasteiger partial charge on any atom is 0.221 e. The summed E-state index contributed by atoms with van der Waals surface area (Å²) in [5, 5.41) is 3.94. The number of hydrogen-bond donors (Lipinski definition) is 1. The molecule has 0 atom stereocenters. The Morgan fingerprint density at radius 3 is 2.94 bits per heavy atom. The summed E-state index contributed by atoms with van der Waals surface area (Å²) < 4.78 is 15.2. The highest BCUT2D eigenvalue weighted by Crippen LogP contribution is 2.21. The van der Waals surface area contributed by atoms with Crippen molar-refractivity contribution in [1.29, 1.82) is 0 Å². The molecule has 1 amide bonds. The number of nitrogens with zero attached hydrogens (tertiary/aromatic N) is 4. The maximum absolute atomic E-state index is 12.4. The van der Waals surface area contributed by atoms with Crippen molar-refractivity contribution in [1.82, 2.24) is 19.6 Å². The number of hydrogen-bond acceptors (Lipinski definition) is 8. The highest BCUT2D eigenvalue weighted by Gasteiger charge is 2.15. The molecule has 0 spiro atoms. The first-order chi connectivity index (χ1) is 15.7. The van der Waals surface area contributed by atoms with Gasteiger partial charge in [0.15, 0.2) is 0 Å². The van der Waals surface area contributed by atoms with Gasteiger partial charge in [-0.1, -0.05) is 25.5 Å². The normalized spacial score (nSPS) is 14.3. The fraction of sp³-hybridized carbons (Fsp3) is 0.609. The molecule has 2 heterocycles. The zero-order valence-corrected chi connectivity index (χ0v) is 20.0. The van der Waals surface area contributed by atoms with Crippen molar-refractivity contribution in [3.05, 3.63) is 35.7 Å². The fourth-order valence-electron chi connectivity index (χ4n) is 3.57. The topological polar surface area (TPSA) is 79.8 Å². The first-order valence-electron chi connectivity index (χ1n) is 11.4. The van der Waals surface area contributed by atoms with E-state index in [-0.39, 0.29) is 5.91 Å². The molecular weight excluding hydrogens is 426 g/mol. The lowest BCUT2D eigenvalue weighted by Crippen LogP contribution is -2.41. The van der Waals surface area contributed by atoms with Gasteiger partial charge in [-0.15, -0.1) is 0 Å². The molecule has 1 saturated heterocycles. The van der Waals surface area contributed by atoms with E-state index >= 15 is 0 Å². The Morgan fingerprint density at radius 1 is 1.31 bits per heavy atom. The first kappa shape index (κ1) is 24.4. The van der Waals surface area contributed by atoms with Crippen LogP contribution in [0.2, 0.25) is 0 Å². The molecule has 0 aliphatic carbocycles. The number of nitrogens with one attached hydrogen (secondary N) is 1. The van der Waals surface area contributed by atoms with Crippen molar-refractivity contribution >= 4 is 22.6 Å². The highest BCUT2D eigenvalue weighted by atomic mass is 32.1. The standard InChI is InChI=1S/C23H35N5O3S/c1-3-4-10-28(11-8-22(29)24-9-12-27-13-15-31-16-14-27)23-25-21(26-32-23)18-19-6-5-7-20(17-19)30-2/h5-7,17H,3-4,8-16,18H2,1-2H3,(H,24,29). The Kier molecular flexibility index (Phi) is 10.2. The van der Waals surface area contributed by atoms with Crippen molar-refractivity contribution in [2.75, 3.05) is 64.5 Å². The minimum Gasteiger partial charge on any atom is -0.497 e. The molecule has 1 aromatic heterocycles. The molecule has 0 unspecified atom stereocenters. The van der Waals surface area contributed by atoms with E-state index in [1.165, 1.54) is 11.5 Å². The Balaban J connectivity index is 1.48. The van der Waals surface area contributed by atoms with Gasteiger partial charge in [-0.3, -0.25) is 9.69 Å². The van der Waals surface area contributed by atoms with Crippen LogP contribution in [0.5, 0.6) is 5.75 Å². The second-order valence-corrected chi connectivity index (χ2v) is 8.65. The Labute approximate surface area is 195 Å². The van der Waals surface area contributed by atoms with Crippen LogP contribution in [0.4, 0.5) is 5.13 Å². The Morgan fingerprint density at radius 2 is 2.16 bits per heavy atom. The van der Waals surface area contributed by atoms with Crippen LogP contribution in [-0.2, 0) is 16.0 Å². The molecule has 1 aromatic carbocycles. The number of aromatic nitrogens is 2. The van der Waals surface area contributed by atoms with E-state index in [0.29, 0.717) is 25.9 Å². The molecule has 3 rings (SSSR count). The number of benzene rings is 1. The summed E-state index contributed by atoms with van der Waals surface area (Å²) in [6.07, 6.45) is 3.27. The van der Waals surface area contributed by atoms with E-state index in [0.717, 1.165) is 74.5 Å². The molecule has 2 aromatic rings. The molecule has 1 N–H and O–H groups in total. The average molecular weight is 462 g/mol. The third-order valence-corrected chi connectivity index (χ3v) is 6.28. The van der Waals surface area contributed by atoms with Gasteiger partial charge in [0.2, 0.25) is 11.0 Å². The second kappa shape index (κ2) is 13.3. The minimum atomic E-state index is 0.0841. The minimum absolute atomic E-state index is 0.0841. The van der Waals surface area contributed by atoms with Gasteiger partial charge in [-0.25, -0.2) is 4.98 Å². The van der Waals surface area contributed by atoms with Gasteiger partial charge in [0, 0.05) is 63.6 Å². The summed E-state index contributed by atoms with van der Waals surface area (Å²) in [6, 6.07) is 7.98. The summed E-state index contributed by atoms with van der Waals surface area (Å²) in [7, 11) is 1.67. The van der Waals surface area contributed by atoms with Crippen molar-refractivity contribution in [3.8, 4) is 5.75 Å². The van der Waals surface area contributed by atoms with Crippen LogP contribution < -0.4 is 15.0 Å². The van der Waals surface area contributed by atoms with Gasteiger partial charge in [0.25, 0.3) is 0 Å². The lowest BCUT2D eigenvalue weighted by atomic mass is 10.1. The molecular formula is C23H35N5O3S. The molecule has 9 heteroatoms. The lowest BCUT2D eigenvalue weighted by molar-refractivity contribution is -0.121. The smallest absolute Gasteiger partial charge is 0.221 e. The van der Waals surface area contributed by atoms with Gasteiger partial charge < -0.3 is 19.7 Å². The van der Waals surface area contributed by atoms with Crippen molar-refractivity contribution < 1.29 is 14.3 Å². The number of morpholine rings is 1. The Hall–Kier alpha value is -2.23. The van der Waals surface area contributed by atoms with Crippen LogP contribution in [0.1, 0.15) is 37.6 Å². The quantitative estimate of drug-likeness (QED) is 0.491. The van der Waals surface area contributed by atoms with Crippen molar-refractivity contribution in [2.45, 2.75) is 32.6 Å². The average Bonchev–Trinajstić information content (AvgIpc) is 3.28. The van der Waals surface area contributed by atoms with Crippen molar-refractivity contribution in [2.24, 2.45) is 0 Å². The predicted octanol–water partition coefficient (Wildman–Crippen LogP) is 2.58. The van der Waals surface area contributed by atoms with Gasteiger partial charge in [0.05, 0.1) is 20.3 Å². The molecule has 32 heavy (non-hydrogen) atoms. The maximum atomic E-state index is 12.4. The molecule has 0 saturated carbocycles. The number of rotatable bonds is 13. The fourth-order valence-corrected chi connectivity index (χ4v) is 4.30. The summed E-state index contributed by atoms with van der Waals surface area (Å²) in [4.78, 5) is 21.6. The van der Waals surface area contributed by atoms with Crippen LogP contribution in [0, 0.1) is 0 Å². The van der Waals surface area contributed by atoms with E-state index in [2.05, 4.69) is 32.5 Å². The van der Waals surface area contributed by atoms with E-state index < -0.39 is 0 Å². The predicted molar refractivity (Wildman–Crippen MR) is 128 cm³/mol. The zero-order chi connectivity index (χ0) is 22.6. The lowest BCUT2D eigenvalue weighted by Gasteiger charge is -2.26. The summed E-state index contributed by atoms with van der Waals surface area (Å²) in [6.45, 7) is 8.69. The van der Waals surface area contributed by atoms with Gasteiger partial charge >= 0.3 is 0 Å². The third-order valence-electron chi connectivity index (χ3n) is 5.47. The molecule has 1 fully saturated rings. The first-order valence-corrected chi connectivity index (χ1v) is 12.2. The van der Waals surface area contributed by atoms with Crippen LogP contribution in [0.25, 0.3) is 0 Å². The Bertz CT molecular complexity index is 825. The van der Waals surface area contributed by atoms with Crippen LogP contribution in [0.3, 0.4) is 0 Å². The van der Waals surface area contributed by atoms with Crippen LogP contribution in [-0.4, -0.2) is 79.8 Å². The molecule has 0 radical (unpaired) electrons. The number of methoxy groups -OCH3 is 1. The number of carbonyl (C=O) groups is 1. The van der Waals surface area contributed by atoms with Crippen LogP contribution in [0.15, 0.2) is 24.3 Å².